The molecular weight excluding hydrogens is 238 g/mol. The van der Waals surface area contributed by atoms with Crippen LogP contribution in [-0.4, -0.2) is 16.0 Å². The Balaban J connectivity index is 2.00. The van der Waals surface area contributed by atoms with E-state index < -0.39 is 0 Å². The van der Waals surface area contributed by atoms with Gasteiger partial charge in [-0.15, -0.1) is 11.3 Å². The maximum Gasteiger partial charge on any atom is 0.230 e. The van der Waals surface area contributed by atoms with Crippen LogP contribution in [0.2, 0.25) is 0 Å². The first-order valence-electron chi connectivity index (χ1n) is 5.20. The first-order valence-corrected chi connectivity index (χ1v) is 6.02. The van der Waals surface area contributed by atoms with Crippen LogP contribution in [0.1, 0.15) is 21.3 Å². The number of carbonyl (C=O) groups is 1. The molecule has 0 radical (unpaired) electrons. The molecule has 2 aromatic heterocycles. The van der Waals surface area contributed by atoms with Crippen LogP contribution in [0.15, 0.2) is 10.6 Å². The van der Waals surface area contributed by atoms with E-state index in [0.717, 1.165) is 15.6 Å². The average Bonchev–Trinajstić information content (AvgIpc) is 2.74. The van der Waals surface area contributed by atoms with Gasteiger partial charge >= 0.3 is 0 Å². The van der Waals surface area contributed by atoms with Gasteiger partial charge in [0.2, 0.25) is 5.91 Å². The normalized spacial score (nSPS) is 10.5. The molecule has 0 aliphatic carbocycles. The van der Waals surface area contributed by atoms with Crippen molar-refractivity contribution >= 4 is 23.1 Å². The Labute approximate surface area is 103 Å². The highest BCUT2D eigenvalue weighted by Crippen LogP contribution is 2.18. The smallest absolute Gasteiger partial charge is 0.230 e. The summed E-state index contributed by atoms with van der Waals surface area (Å²) in [7, 11) is 0. The lowest BCUT2D eigenvalue weighted by Gasteiger charge is -1.99. The van der Waals surface area contributed by atoms with Crippen LogP contribution < -0.4 is 5.32 Å². The number of nitrogens with one attached hydrogen (secondary N) is 1. The molecule has 0 fully saturated rings. The molecule has 0 atom stereocenters. The fraction of sp³-hybridized carbons (Fsp3) is 0.364. The Kier molecular flexibility index (Phi) is 3.23. The van der Waals surface area contributed by atoms with Crippen molar-refractivity contribution in [1.82, 2.24) is 10.1 Å². The van der Waals surface area contributed by atoms with Crippen molar-refractivity contribution in [3.8, 4) is 0 Å². The molecule has 0 aliphatic heterocycles. The molecular formula is C11H13N3O2S. The van der Waals surface area contributed by atoms with Gasteiger partial charge in [-0.1, -0.05) is 5.16 Å². The Morgan fingerprint density at radius 2 is 2.24 bits per heavy atom. The highest BCUT2D eigenvalue weighted by Gasteiger charge is 2.11. The van der Waals surface area contributed by atoms with Crippen molar-refractivity contribution in [1.29, 1.82) is 0 Å². The number of aromatic nitrogens is 2. The third-order valence-corrected chi connectivity index (χ3v) is 3.29. The first-order chi connectivity index (χ1) is 8.04. The van der Waals surface area contributed by atoms with E-state index in [-0.39, 0.29) is 5.91 Å². The van der Waals surface area contributed by atoms with E-state index in [4.69, 9.17) is 4.52 Å². The Morgan fingerprint density at radius 3 is 2.76 bits per heavy atom. The highest BCUT2D eigenvalue weighted by molar-refractivity contribution is 7.11. The number of aryl methyl sites for hydroxylation is 3. The minimum atomic E-state index is -0.106. The Morgan fingerprint density at radius 1 is 1.47 bits per heavy atom. The monoisotopic (exact) mass is 251 g/mol. The van der Waals surface area contributed by atoms with Gasteiger partial charge in [0.05, 0.1) is 17.1 Å². The number of hydrogen-bond donors (Lipinski definition) is 1. The van der Waals surface area contributed by atoms with Gasteiger partial charge in [-0.05, 0) is 20.8 Å². The van der Waals surface area contributed by atoms with E-state index in [0.29, 0.717) is 18.0 Å². The lowest BCUT2D eigenvalue weighted by atomic mass is 10.3. The average molecular weight is 251 g/mol. The topological polar surface area (TPSA) is 68.0 Å². The summed E-state index contributed by atoms with van der Waals surface area (Å²) in [4.78, 5) is 17.0. The van der Waals surface area contributed by atoms with Crippen LogP contribution in [0.5, 0.6) is 0 Å². The molecule has 0 bridgehead atoms. The summed E-state index contributed by atoms with van der Waals surface area (Å²) in [6.45, 7) is 5.62. The van der Waals surface area contributed by atoms with Crippen LogP contribution in [0.4, 0.5) is 5.82 Å². The zero-order valence-corrected chi connectivity index (χ0v) is 10.7. The predicted molar refractivity (Wildman–Crippen MR) is 65.2 cm³/mol. The molecule has 0 aromatic carbocycles. The van der Waals surface area contributed by atoms with Gasteiger partial charge in [0.1, 0.15) is 5.76 Å². The van der Waals surface area contributed by atoms with Crippen molar-refractivity contribution in [2.45, 2.75) is 27.2 Å². The molecule has 17 heavy (non-hydrogen) atoms. The van der Waals surface area contributed by atoms with Gasteiger partial charge in [0.15, 0.2) is 5.82 Å². The maximum absolute atomic E-state index is 11.7. The quantitative estimate of drug-likeness (QED) is 0.908. The van der Waals surface area contributed by atoms with Gasteiger partial charge in [-0.25, -0.2) is 4.98 Å². The van der Waals surface area contributed by atoms with Gasteiger partial charge in [-0.2, -0.15) is 0 Å². The van der Waals surface area contributed by atoms with Gasteiger partial charge in [0, 0.05) is 10.9 Å². The van der Waals surface area contributed by atoms with E-state index in [2.05, 4.69) is 15.5 Å². The first kappa shape index (κ1) is 11.8. The lowest BCUT2D eigenvalue weighted by molar-refractivity contribution is -0.115. The molecule has 0 spiro atoms. The van der Waals surface area contributed by atoms with Crippen molar-refractivity contribution in [2.24, 2.45) is 0 Å². The van der Waals surface area contributed by atoms with E-state index in [1.165, 1.54) is 0 Å². The SMILES string of the molecule is Cc1cc(NC(=O)Cc2sc(C)nc2C)no1. The Hall–Kier alpha value is -1.69. The van der Waals surface area contributed by atoms with E-state index in [1.54, 1.807) is 24.3 Å². The standard InChI is InChI=1S/C11H13N3O2S/c1-6-4-10(14-16-6)13-11(15)5-9-7(2)12-8(3)17-9/h4H,5H2,1-3H3,(H,13,14,15). The number of nitrogens with zero attached hydrogens (tertiary/aromatic N) is 2. The molecule has 6 heteroatoms. The zero-order valence-electron chi connectivity index (χ0n) is 9.90. The van der Waals surface area contributed by atoms with Crippen LogP contribution in [0.25, 0.3) is 0 Å². The fourth-order valence-electron chi connectivity index (χ4n) is 1.50. The summed E-state index contributed by atoms with van der Waals surface area (Å²) in [5, 5.41) is 7.36. The molecule has 2 aromatic rings. The fourth-order valence-corrected chi connectivity index (χ4v) is 2.43. The summed E-state index contributed by atoms with van der Waals surface area (Å²) in [5.74, 6) is 1.02. The molecule has 90 valence electrons. The molecule has 0 saturated carbocycles. The molecule has 5 nitrogen and oxygen atoms in total. The van der Waals surface area contributed by atoms with E-state index in [9.17, 15) is 4.79 Å². The number of amides is 1. The predicted octanol–water partition coefficient (Wildman–Crippen LogP) is 2.24. The van der Waals surface area contributed by atoms with Gasteiger partial charge in [0.25, 0.3) is 0 Å². The highest BCUT2D eigenvalue weighted by atomic mass is 32.1. The van der Waals surface area contributed by atoms with E-state index in [1.807, 2.05) is 13.8 Å². The second-order valence-corrected chi connectivity index (χ2v) is 5.08. The molecule has 2 heterocycles. The van der Waals surface area contributed by atoms with E-state index >= 15 is 0 Å². The van der Waals surface area contributed by atoms with Crippen LogP contribution in [-0.2, 0) is 11.2 Å². The molecule has 0 unspecified atom stereocenters. The van der Waals surface area contributed by atoms with Crippen molar-refractivity contribution < 1.29 is 9.32 Å². The summed E-state index contributed by atoms with van der Waals surface area (Å²) in [6.07, 6.45) is 0.323. The number of rotatable bonds is 3. The summed E-state index contributed by atoms with van der Waals surface area (Å²) < 4.78 is 4.87. The number of thiazole rings is 1. The van der Waals surface area contributed by atoms with Crippen LogP contribution in [0, 0.1) is 20.8 Å². The molecule has 2 rings (SSSR count). The number of anilines is 1. The summed E-state index contributed by atoms with van der Waals surface area (Å²) >= 11 is 1.54. The molecule has 0 aliphatic rings. The Bertz CT molecular complexity index is 545. The lowest BCUT2D eigenvalue weighted by Crippen LogP contribution is -2.14. The molecule has 0 saturated heterocycles. The van der Waals surface area contributed by atoms with Crippen molar-refractivity contribution in [3.63, 3.8) is 0 Å². The largest absolute Gasteiger partial charge is 0.360 e. The third kappa shape index (κ3) is 2.91. The second kappa shape index (κ2) is 4.67. The maximum atomic E-state index is 11.7. The summed E-state index contributed by atoms with van der Waals surface area (Å²) in [5.41, 5.74) is 0.916. The third-order valence-electron chi connectivity index (χ3n) is 2.22. The molecule has 1 amide bonds. The second-order valence-electron chi connectivity index (χ2n) is 3.79. The van der Waals surface area contributed by atoms with Crippen molar-refractivity contribution in [3.05, 3.63) is 27.4 Å². The number of carbonyl (C=O) groups excluding carboxylic acids is 1. The van der Waals surface area contributed by atoms with Gasteiger partial charge < -0.3 is 9.84 Å². The number of hydrogen-bond acceptors (Lipinski definition) is 5. The van der Waals surface area contributed by atoms with Crippen LogP contribution >= 0.6 is 11.3 Å². The summed E-state index contributed by atoms with van der Waals surface area (Å²) in [6, 6.07) is 1.68. The minimum Gasteiger partial charge on any atom is -0.360 e. The zero-order chi connectivity index (χ0) is 12.4. The van der Waals surface area contributed by atoms with Gasteiger partial charge in [-0.3, -0.25) is 4.79 Å². The van der Waals surface area contributed by atoms with Crippen molar-refractivity contribution in [2.75, 3.05) is 5.32 Å². The van der Waals surface area contributed by atoms with Crippen LogP contribution in [0.3, 0.4) is 0 Å². The minimum absolute atomic E-state index is 0.106. The molecule has 1 N–H and O–H groups in total.